The first kappa shape index (κ1) is 34.5. The number of nitrogens with zero attached hydrogens (tertiary/aromatic N) is 5. The summed E-state index contributed by atoms with van der Waals surface area (Å²) in [6, 6.07) is 49.0. The third-order valence-corrected chi connectivity index (χ3v) is 12.6. The summed E-state index contributed by atoms with van der Waals surface area (Å²) in [4.78, 5) is 9.46. The van der Waals surface area contributed by atoms with E-state index in [4.69, 9.17) is 0 Å². The van der Waals surface area contributed by atoms with Gasteiger partial charge in [-0.3, -0.25) is 0 Å². The minimum atomic E-state index is -0.639. The van der Waals surface area contributed by atoms with E-state index >= 15 is 0 Å². The van der Waals surface area contributed by atoms with Crippen molar-refractivity contribution in [1.82, 2.24) is 9.47 Å². The van der Waals surface area contributed by atoms with Gasteiger partial charge in [-0.1, -0.05) is 114 Å². The van der Waals surface area contributed by atoms with Crippen LogP contribution in [0.4, 0.5) is 22.7 Å². The summed E-state index contributed by atoms with van der Waals surface area (Å²) in [6.45, 7) is 15.6. The van der Waals surface area contributed by atoms with Crippen LogP contribution in [0.5, 0.6) is 0 Å². The molecule has 10 rings (SSSR count). The summed E-state index contributed by atoms with van der Waals surface area (Å²) in [5.74, 6) is 0. The maximum Gasteiger partial charge on any atom is 0.0950 e. The maximum atomic E-state index is 2.57. The minimum absolute atomic E-state index is 0.0312. The Kier molecular flexibility index (Phi) is 7.42. The molecule has 1 atom stereocenters. The Hall–Kier alpha value is -5.94. The van der Waals surface area contributed by atoms with Gasteiger partial charge in [-0.05, 0) is 98.8 Å². The lowest BCUT2D eigenvalue weighted by atomic mass is 9.62. The van der Waals surface area contributed by atoms with Gasteiger partial charge in [-0.25, -0.2) is 0 Å². The molecule has 5 nitrogen and oxygen atoms in total. The van der Waals surface area contributed by atoms with Crippen LogP contribution < -0.4 is 14.7 Å². The highest BCUT2D eigenvalue weighted by Gasteiger charge is 2.46. The van der Waals surface area contributed by atoms with E-state index in [1.165, 1.54) is 83.6 Å². The molecule has 4 heterocycles. The smallest absolute Gasteiger partial charge is 0.0950 e. The molecular weight excluding hydrogens is 683 g/mol. The fourth-order valence-electron chi connectivity index (χ4n) is 9.62. The van der Waals surface area contributed by atoms with Crippen LogP contribution in [-0.2, 0) is 16.2 Å². The number of aromatic nitrogens is 1. The molecule has 1 unspecified atom stereocenters. The summed E-state index contributed by atoms with van der Waals surface area (Å²) >= 11 is 0. The number of benzene rings is 6. The molecule has 3 aliphatic heterocycles. The van der Waals surface area contributed by atoms with Gasteiger partial charge in [0.05, 0.1) is 46.8 Å². The lowest BCUT2D eigenvalue weighted by Gasteiger charge is -2.43. The van der Waals surface area contributed by atoms with Gasteiger partial charge < -0.3 is 24.2 Å². The molecule has 0 amide bonds. The van der Waals surface area contributed by atoms with Crippen molar-refractivity contribution in [2.24, 2.45) is 0 Å². The SMILES string of the molecule is CN1C=CN(c2ccc3c(c2)C(c2ccccc2)(c2cc(N4CN(C)c5ccccc54)cc(C(C)(C)C)c2)c2cccc4c5cc(C(C)(C)C)ccc5n-3c24)C1. The molecule has 6 aromatic carbocycles. The first-order valence-electron chi connectivity index (χ1n) is 20.0. The van der Waals surface area contributed by atoms with Gasteiger partial charge in [0.15, 0.2) is 0 Å². The van der Waals surface area contributed by atoms with E-state index in [1.54, 1.807) is 0 Å². The predicted molar refractivity (Wildman–Crippen MR) is 236 cm³/mol. The van der Waals surface area contributed by atoms with Crippen LogP contribution >= 0.6 is 0 Å². The van der Waals surface area contributed by atoms with Crippen molar-refractivity contribution >= 4 is 44.6 Å². The third kappa shape index (κ3) is 4.99. The van der Waals surface area contributed by atoms with E-state index < -0.39 is 5.41 Å². The number of fused-ring (bicyclic) bond motifs is 6. The molecule has 0 saturated carbocycles. The van der Waals surface area contributed by atoms with Gasteiger partial charge in [0.1, 0.15) is 0 Å². The Morgan fingerprint density at radius 2 is 1.27 bits per heavy atom. The lowest BCUT2D eigenvalue weighted by Crippen LogP contribution is -2.36. The average Bonchev–Trinajstić information content (AvgIpc) is 3.88. The molecule has 0 fully saturated rings. The Labute approximate surface area is 331 Å². The third-order valence-electron chi connectivity index (χ3n) is 12.6. The molecule has 280 valence electrons. The van der Waals surface area contributed by atoms with E-state index in [1.807, 2.05) is 0 Å². The van der Waals surface area contributed by atoms with Crippen molar-refractivity contribution in [2.45, 2.75) is 57.8 Å². The van der Waals surface area contributed by atoms with Crippen LogP contribution in [-0.4, -0.2) is 36.9 Å². The van der Waals surface area contributed by atoms with E-state index in [0.29, 0.717) is 0 Å². The van der Waals surface area contributed by atoms with Gasteiger partial charge in [0, 0.05) is 48.6 Å². The number of anilines is 4. The van der Waals surface area contributed by atoms with E-state index in [-0.39, 0.29) is 10.8 Å². The van der Waals surface area contributed by atoms with Gasteiger partial charge in [-0.2, -0.15) is 0 Å². The second-order valence-corrected chi connectivity index (χ2v) is 18.3. The first-order chi connectivity index (χ1) is 26.8. The van der Waals surface area contributed by atoms with Crippen molar-refractivity contribution in [2.75, 3.05) is 42.1 Å². The van der Waals surface area contributed by atoms with Crippen molar-refractivity contribution in [3.05, 3.63) is 173 Å². The standard InChI is InChI=1S/C51H51N5/c1-49(2,3)35-21-23-44-41(30-35)40-17-14-18-42-48(40)56(44)45-24-22-38(54-26-25-52(7)32-54)31-43(45)51(42,34-15-10-9-11-16-34)37-27-36(50(4,5)6)28-39(29-37)55-33-53(8)46-19-12-13-20-47(46)55/h9-31H,32-33H2,1-8H3. The van der Waals surface area contributed by atoms with Crippen molar-refractivity contribution in [3.63, 3.8) is 0 Å². The first-order valence-corrected chi connectivity index (χ1v) is 20.0. The van der Waals surface area contributed by atoms with Crippen LogP contribution in [0.1, 0.15) is 74.9 Å². The highest BCUT2D eigenvalue weighted by atomic mass is 15.4. The Morgan fingerprint density at radius 1 is 0.518 bits per heavy atom. The Balaban J connectivity index is 1.37. The molecule has 5 heteroatoms. The highest BCUT2D eigenvalue weighted by molar-refractivity contribution is 6.12. The highest BCUT2D eigenvalue weighted by Crippen LogP contribution is 2.56. The molecule has 0 bridgehead atoms. The number of para-hydroxylation sites is 3. The topological polar surface area (TPSA) is 17.9 Å². The zero-order valence-corrected chi connectivity index (χ0v) is 33.9. The van der Waals surface area contributed by atoms with Crippen LogP contribution in [0.25, 0.3) is 27.5 Å². The molecule has 7 aromatic rings. The largest absolute Gasteiger partial charge is 0.361 e. The number of hydrogen-bond donors (Lipinski definition) is 0. The van der Waals surface area contributed by atoms with Crippen molar-refractivity contribution < 1.29 is 0 Å². The molecule has 0 radical (unpaired) electrons. The number of rotatable bonds is 4. The van der Waals surface area contributed by atoms with Gasteiger partial charge in [0.25, 0.3) is 0 Å². The average molecular weight is 734 g/mol. The van der Waals surface area contributed by atoms with Crippen LogP contribution in [0.3, 0.4) is 0 Å². The second-order valence-electron chi connectivity index (χ2n) is 18.3. The predicted octanol–water partition coefficient (Wildman–Crippen LogP) is 11.8. The van der Waals surface area contributed by atoms with Crippen LogP contribution in [0.2, 0.25) is 0 Å². The van der Waals surface area contributed by atoms with Crippen LogP contribution in [0, 0.1) is 0 Å². The Morgan fingerprint density at radius 3 is 2.00 bits per heavy atom. The molecule has 56 heavy (non-hydrogen) atoms. The normalized spacial score (nSPS) is 17.7. The van der Waals surface area contributed by atoms with Crippen molar-refractivity contribution in [3.8, 4) is 5.69 Å². The fraction of sp³-hybridized carbons (Fsp3) is 0.255. The molecular formula is C51H51N5. The van der Waals surface area contributed by atoms with E-state index in [9.17, 15) is 0 Å². The van der Waals surface area contributed by atoms with Crippen LogP contribution in [0.15, 0.2) is 140 Å². The Bertz CT molecular complexity index is 2720. The summed E-state index contributed by atoms with van der Waals surface area (Å²) < 4.78 is 2.57. The van der Waals surface area contributed by atoms with Gasteiger partial charge >= 0.3 is 0 Å². The molecule has 1 aromatic heterocycles. The summed E-state index contributed by atoms with van der Waals surface area (Å²) in [5, 5.41) is 2.60. The van der Waals surface area contributed by atoms with E-state index in [0.717, 1.165) is 13.3 Å². The quantitative estimate of drug-likeness (QED) is 0.179. The zero-order chi connectivity index (χ0) is 38.7. The van der Waals surface area contributed by atoms with Crippen molar-refractivity contribution in [1.29, 1.82) is 0 Å². The summed E-state index contributed by atoms with van der Waals surface area (Å²) in [7, 11) is 4.34. The molecule has 0 saturated heterocycles. The maximum absolute atomic E-state index is 2.57. The number of hydrogen-bond acceptors (Lipinski definition) is 4. The summed E-state index contributed by atoms with van der Waals surface area (Å²) in [5.41, 5.74) is 15.8. The van der Waals surface area contributed by atoms with Gasteiger partial charge in [0.2, 0.25) is 0 Å². The second kappa shape index (κ2) is 12.0. The molecule has 3 aliphatic rings. The summed E-state index contributed by atoms with van der Waals surface area (Å²) in [6.07, 6.45) is 4.37. The lowest BCUT2D eigenvalue weighted by molar-refractivity contribution is 0.495. The van der Waals surface area contributed by atoms with Gasteiger partial charge in [-0.15, -0.1) is 0 Å². The minimum Gasteiger partial charge on any atom is -0.361 e. The monoisotopic (exact) mass is 733 g/mol. The zero-order valence-electron chi connectivity index (χ0n) is 33.9. The fourth-order valence-corrected chi connectivity index (χ4v) is 9.62. The molecule has 0 spiro atoms. The van der Waals surface area contributed by atoms with E-state index in [2.05, 4.69) is 220 Å². The molecule has 0 N–H and O–H groups in total. The molecule has 0 aliphatic carbocycles.